The van der Waals surface area contributed by atoms with Crippen LogP contribution in [0.3, 0.4) is 0 Å². The van der Waals surface area contributed by atoms with Gasteiger partial charge in [-0.15, -0.1) is 0 Å². The minimum atomic E-state index is -1.80. The summed E-state index contributed by atoms with van der Waals surface area (Å²) in [6.45, 7) is 13.0. The molecule has 7 nitrogen and oxygen atoms in total. The van der Waals surface area contributed by atoms with E-state index in [9.17, 15) is 5.11 Å². The number of ether oxygens (including phenoxy) is 5. The maximum Gasteiger partial charge on any atom is 0.191 e. The molecule has 0 bridgehead atoms. The Morgan fingerprint density at radius 3 is 2.12 bits per heavy atom. The normalized spacial score (nSPS) is 26.8. The highest BCUT2D eigenvalue weighted by Gasteiger charge is 2.44. The third-order valence-electron chi connectivity index (χ3n) is 9.16. The van der Waals surface area contributed by atoms with Crippen molar-refractivity contribution in [3.8, 4) is 5.75 Å². The molecule has 8 heteroatoms. The summed E-state index contributed by atoms with van der Waals surface area (Å²) >= 11 is 0. The third kappa shape index (κ3) is 9.11. The summed E-state index contributed by atoms with van der Waals surface area (Å²) in [6, 6.07) is 18.1. The van der Waals surface area contributed by atoms with E-state index in [2.05, 4.69) is 46.0 Å². The Hall–Kier alpha value is -1.78. The summed E-state index contributed by atoms with van der Waals surface area (Å²) in [4.78, 5) is 0. The average molecular weight is 601 g/mol. The topological polar surface area (TPSA) is 75.6 Å². The zero-order valence-electron chi connectivity index (χ0n) is 26.4. The van der Waals surface area contributed by atoms with Crippen LogP contribution >= 0.6 is 0 Å². The van der Waals surface area contributed by atoms with Crippen LogP contribution in [0, 0.1) is 0 Å². The number of methoxy groups -OCH3 is 1. The van der Waals surface area contributed by atoms with E-state index in [1.807, 2.05) is 42.5 Å². The number of hydrogen-bond acceptors (Lipinski definition) is 7. The van der Waals surface area contributed by atoms with Crippen molar-refractivity contribution in [2.45, 2.75) is 121 Å². The number of fused-ring (bicyclic) bond motifs is 1. The van der Waals surface area contributed by atoms with Gasteiger partial charge in [0.15, 0.2) is 8.32 Å². The third-order valence-corrected chi connectivity index (χ3v) is 13.7. The first-order valence-corrected chi connectivity index (χ1v) is 18.5. The smallest absolute Gasteiger partial charge is 0.191 e. The number of hydrogen-bond donors (Lipinski definition) is 1. The van der Waals surface area contributed by atoms with E-state index in [1.165, 1.54) is 0 Å². The summed E-state index contributed by atoms with van der Waals surface area (Å²) in [5.74, 6) is 0.816. The highest BCUT2D eigenvalue weighted by atomic mass is 28.4. The summed E-state index contributed by atoms with van der Waals surface area (Å²) < 4.78 is 37.8. The number of aliphatic hydroxyl groups excluding tert-OH is 1. The maximum atomic E-state index is 10.3. The standard InChI is InChI=1S/C34H52O7Si/c1-34(2,3)42(5,6)39-20-10-13-29-31(38-23-25-11-8-7-9-12-25)21-32-30(40-29)19-18-28(33(22-35)41-32)37-24-26-14-16-27(36-4)17-15-26/h7-9,11-12,14-17,28-33,35H,10,13,18-24H2,1-6H3/t28-,29-,30+,31+,32-,33+/m0/s1. The minimum absolute atomic E-state index is 0.0362. The maximum absolute atomic E-state index is 10.3. The fourth-order valence-corrected chi connectivity index (χ4v) is 6.56. The van der Waals surface area contributed by atoms with Crippen LogP contribution in [0.4, 0.5) is 0 Å². The lowest BCUT2D eigenvalue weighted by Crippen LogP contribution is -2.50. The van der Waals surface area contributed by atoms with Gasteiger partial charge in [0.25, 0.3) is 0 Å². The van der Waals surface area contributed by atoms with Crippen molar-refractivity contribution in [3.05, 3.63) is 65.7 Å². The summed E-state index contributed by atoms with van der Waals surface area (Å²) in [5.41, 5.74) is 2.20. The van der Waals surface area contributed by atoms with E-state index in [0.717, 1.165) is 55.6 Å². The van der Waals surface area contributed by atoms with Crippen LogP contribution in [0.5, 0.6) is 5.75 Å². The fourth-order valence-electron chi connectivity index (χ4n) is 5.47. The van der Waals surface area contributed by atoms with Gasteiger partial charge in [-0.2, -0.15) is 0 Å². The predicted molar refractivity (Wildman–Crippen MR) is 167 cm³/mol. The van der Waals surface area contributed by atoms with Crippen molar-refractivity contribution in [3.63, 3.8) is 0 Å². The van der Waals surface area contributed by atoms with Crippen molar-refractivity contribution in [1.29, 1.82) is 0 Å². The SMILES string of the molecule is COc1ccc(CO[C@H]2CC[C@H]3O[C@@H](CCCO[Si](C)(C)C(C)(C)C)[C@H](OCc4ccccc4)C[C@@H]3O[C@@H]2CO)cc1. The van der Waals surface area contributed by atoms with Gasteiger partial charge in [0, 0.05) is 13.0 Å². The number of aliphatic hydroxyl groups is 1. The van der Waals surface area contributed by atoms with Gasteiger partial charge in [0.2, 0.25) is 0 Å². The molecule has 42 heavy (non-hydrogen) atoms. The predicted octanol–water partition coefficient (Wildman–Crippen LogP) is 6.67. The number of rotatable bonds is 13. The van der Waals surface area contributed by atoms with Gasteiger partial charge in [-0.05, 0) is 67.1 Å². The van der Waals surface area contributed by atoms with Crippen LogP contribution in [0.1, 0.15) is 64.0 Å². The lowest BCUT2D eigenvalue weighted by molar-refractivity contribution is -0.214. The summed E-state index contributed by atoms with van der Waals surface area (Å²) in [6.07, 6.45) is 3.13. The van der Waals surface area contributed by atoms with Gasteiger partial charge >= 0.3 is 0 Å². The molecular formula is C34H52O7Si. The highest BCUT2D eigenvalue weighted by molar-refractivity contribution is 6.74. The average Bonchev–Trinajstić information content (AvgIpc) is 3.15. The molecule has 2 heterocycles. The number of benzene rings is 2. The van der Waals surface area contributed by atoms with Crippen LogP contribution in [0.15, 0.2) is 54.6 Å². The van der Waals surface area contributed by atoms with Gasteiger partial charge < -0.3 is 33.2 Å². The molecule has 6 atom stereocenters. The lowest BCUT2D eigenvalue weighted by atomic mass is 9.93. The van der Waals surface area contributed by atoms with Crippen LogP contribution in [0.25, 0.3) is 0 Å². The lowest BCUT2D eigenvalue weighted by Gasteiger charge is -2.41. The molecule has 0 aromatic heterocycles. The van der Waals surface area contributed by atoms with E-state index >= 15 is 0 Å². The molecule has 0 aliphatic carbocycles. The van der Waals surface area contributed by atoms with E-state index in [4.69, 9.17) is 28.1 Å². The van der Waals surface area contributed by atoms with Crippen molar-refractivity contribution < 1.29 is 33.2 Å². The second-order valence-electron chi connectivity index (χ2n) is 13.2. The molecule has 2 fully saturated rings. The van der Waals surface area contributed by atoms with E-state index < -0.39 is 14.4 Å². The molecule has 2 aliphatic rings. The first-order valence-electron chi connectivity index (χ1n) is 15.6. The molecule has 4 rings (SSSR count). The summed E-state index contributed by atoms with van der Waals surface area (Å²) in [7, 11) is -0.136. The molecule has 0 amide bonds. The second kappa shape index (κ2) is 15.3. The zero-order chi connectivity index (χ0) is 30.2. The second-order valence-corrected chi connectivity index (χ2v) is 18.0. The monoisotopic (exact) mass is 600 g/mol. The molecule has 2 aromatic rings. The van der Waals surface area contributed by atoms with Crippen LogP contribution in [-0.2, 0) is 36.6 Å². The van der Waals surface area contributed by atoms with Gasteiger partial charge in [0.05, 0.1) is 57.5 Å². The molecule has 2 saturated heterocycles. The van der Waals surface area contributed by atoms with Crippen molar-refractivity contribution in [2.75, 3.05) is 20.3 Å². The summed E-state index contributed by atoms with van der Waals surface area (Å²) in [5, 5.41) is 10.5. The Morgan fingerprint density at radius 2 is 1.48 bits per heavy atom. The molecule has 2 aliphatic heterocycles. The largest absolute Gasteiger partial charge is 0.497 e. The Bertz CT molecular complexity index is 1060. The minimum Gasteiger partial charge on any atom is -0.497 e. The first-order chi connectivity index (χ1) is 20.1. The van der Waals surface area contributed by atoms with Crippen LogP contribution in [0.2, 0.25) is 18.1 Å². The Balaban J connectivity index is 1.39. The molecular weight excluding hydrogens is 548 g/mol. The van der Waals surface area contributed by atoms with Gasteiger partial charge in [0.1, 0.15) is 11.9 Å². The molecule has 1 N–H and O–H groups in total. The van der Waals surface area contributed by atoms with Crippen LogP contribution < -0.4 is 4.74 Å². The Kier molecular flexibility index (Phi) is 12.1. The highest BCUT2D eigenvalue weighted by Crippen LogP contribution is 2.38. The molecule has 0 saturated carbocycles. The Labute approximate surface area is 253 Å². The van der Waals surface area contributed by atoms with Gasteiger partial charge in [-0.1, -0.05) is 63.2 Å². The van der Waals surface area contributed by atoms with Gasteiger partial charge in [-0.3, -0.25) is 0 Å². The molecule has 0 spiro atoms. The van der Waals surface area contributed by atoms with Crippen molar-refractivity contribution in [2.24, 2.45) is 0 Å². The van der Waals surface area contributed by atoms with E-state index in [1.54, 1.807) is 7.11 Å². The van der Waals surface area contributed by atoms with E-state index in [-0.39, 0.29) is 42.2 Å². The first kappa shape index (κ1) is 33.1. The molecule has 0 radical (unpaired) electrons. The van der Waals surface area contributed by atoms with Gasteiger partial charge in [-0.25, -0.2) is 0 Å². The molecule has 234 valence electrons. The van der Waals surface area contributed by atoms with Crippen molar-refractivity contribution >= 4 is 8.32 Å². The van der Waals surface area contributed by atoms with Crippen LogP contribution in [-0.4, -0.2) is 70.4 Å². The van der Waals surface area contributed by atoms with Crippen molar-refractivity contribution in [1.82, 2.24) is 0 Å². The fraction of sp³-hybridized carbons (Fsp3) is 0.647. The zero-order valence-corrected chi connectivity index (χ0v) is 27.4. The molecule has 0 unspecified atom stereocenters. The Morgan fingerprint density at radius 1 is 0.833 bits per heavy atom. The molecule has 2 aromatic carbocycles. The van der Waals surface area contributed by atoms with E-state index in [0.29, 0.717) is 13.2 Å². The quantitative estimate of drug-likeness (QED) is 0.203.